The lowest BCUT2D eigenvalue weighted by Gasteiger charge is -2.15. The lowest BCUT2D eigenvalue weighted by molar-refractivity contribution is 0.0697. The fourth-order valence-corrected chi connectivity index (χ4v) is 4.42. The van der Waals surface area contributed by atoms with E-state index in [1.807, 2.05) is 19.9 Å². The highest BCUT2D eigenvalue weighted by molar-refractivity contribution is 9.10. The highest BCUT2D eigenvalue weighted by atomic mass is 79.9. The second-order valence-electron chi connectivity index (χ2n) is 8.35. The Morgan fingerprint density at radius 3 is 2.58 bits per heavy atom. The Labute approximate surface area is 232 Å². The topological polar surface area (TPSA) is 103 Å². The van der Waals surface area contributed by atoms with E-state index >= 15 is 0 Å². The van der Waals surface area contributed by atoms with Crippen LogP contribution in [-0.2, 0) is 13.0 Å². The summed E-state index contributed by atoms with van der Waals surface area (Å²) in [5, 5.41) is 14.3. The maximum atomic E-state index is 13.3. The van der Waals surface area contributed by atoms with E-state index in [4.69, 9.17) is 26.2 Å². The average Bonchev–Trinajstić information content (AvgIpc) is 2.89. The molecule has 4 aromatic rings. The number of carbonyl (C=O) groups is 1. The summed E-state index contributed by atoms with van der Waals surface area (Å²) in [5.41, 5.74) is 1.94. The molecule has 38 heavy (non-hydrogen) atoms. The van der Waals surface area contributed by atoms with Crippen molar-refractivity contribution in [2.75, 3.05) is 6.61 Å². The van der Waals surface area contributed by atoms with Gasteiger partial charge in [-0.15, -0.1) is 0 Å². The Bertz CT molecular complexity index is 1570. The zero-order chi connectivity index (χ0) is 27.2. The van der Waals surface area contributed by atoms with Gasteiger partial charge in [-0.3, -0.25) is 4.79 Å². The second kappa shape index (κ2) is 12.2. The minimum Gasteiger partial charge on any atom is -0.490 e. The van der Waals surface area contributed by atoms with E-state index in [1.165, 1.54) is 23.0 Å². The van der Waals surface area contributed by atoms with Crippen molar-refractivity contribution >= 4 is 50.6 Å². The highest BCUT2D eigenvalue weighted by Crippen LogP contribution is 2.37. The summed E-state index contributed by atoms with van der Waals surface area (Å²) < 4.78 is 13.8. The molecule has 0 fully saturated rings. The summed E-state index contributed by atoms with van der Waals surface area (Å²) in [5.74, 6) is 0.348. The third kappa shape index (κ3) is 6.23. The summed E-state index contributed by atoms with van der Waals surface area (Å²) in [6.07, 6.45) is 2.92. The van der Waals surface area contributed by atoms with E-state index in [9.17, 15) is 9.59 Å². The third-order valence-electron chi connectivity index (χ3n) is 5.59. The number of benzene rings is 3. The van der Waals surface area contributed by atoms with Crippen LogP contribution in [-0.4, -0.2) is 33.6 Å². The van der Waals surface area contributed by atoms with Crippen molar-refractivity contribution in [2.24, 2.45) is 5.10 Å². The van der Waals surface area contributed by atoms with Crippen molar-refractivity contribution in [2.45, 2.75) is 33.3 Å². The molecule has 0 saturated carbocycles. The van der Waals surface area contributed by atoms with Gasteiger partial charge in [0.1, 0.15) is 12.4 Å². The largest absolute Gasteiger partial charge is 0.490 e. The third-order valence-corrected chi connectivity index (χ3v) is 6.36. The molecule has 0 aliphatic heterocycles. The summed E-state index contributed by atoms with van der Waals surface area (Å²) in [7, 11) is 0. The number of halogens is 2. The van der Waals surface area contributed by atoms with Crippen LogP contribution in [0.3, 0.4) is 0 Å². The van der Waals surface area contributed by atoms with Crippen LogP contribution in [0, 0.1) is 0 Å². The molecule has 1 aromatic heterocycles. The van der Waals surface area contributed by atoms with Crippen LogP contribution < -0.4 is 15.0 Å². The molecule has 0 aliphatic rings. The van der Waals surface area contributed by atoms with Gasteiger partial charge in [-0.05, 0) is 66.9 Å². The van der Waals surface area contributed by atoms with E-state index < -0.39 is 5.97 Å². The molecular formula is C28H25BrClN3O5. The standard InChI is InChI=1S/C28H25BrClN3O5/c1-3-5-25-32-23-11-10-20(29)14-21(23)27(34)33(25)31-15-18-12-22(30)26(24(13-18)37-4-2)38-16-17-6-8-19(9-7-17)28(35)36/h6-15H,3-5,16H2,1-2H3,(H,35,36). The second-order valence-corrected chi connectivity index (χ2v) is 9.68. The molecule has 0 bridgehead atoms. The van der Waals surface area contributed by atoms with Gasteiger partial charge < -0.3 is 14.6 Å². The van der Waals surface area contributed by atoms with Gasteiger partial charge in [0.25, 0.3) is 5.56 Å². The van der Waals surface area contributed by atoms with E-state index in [0.717, 1.165) is 16.5 Å². The summed E-state index contributed by atoms with van der Waals surface area (Å²) in [4.78, 5) is 29.0. The molecule has 1 N–H and O–H groups in total. The Balaban J connectivity index is 1.65. The molecule has 0 spiro atoms. The number of nitrogens with zero attached hydrogens (tertiary/aromatic N) is 3. The van der Waals surface area contributed by atoms with Crippen molar-refractivity contribution < 1.29 is 19.4 Å². The number of aromatic nitrogens is 2. The number of carboxylic acid groups (broad SMARTS) is 1. The number of aromatic carboxylic acids is 1. The molecule has 0 saturated heterocycles. The van der Waals surface area contributed by atoms with Gasteiger partial charge in [0.15, 0.2) is 11.5 Å². The number of carboxylic acids is 1. The number of hydrogen-bond acceptors (Lipinski definition) is 6. The summed E-state index contributed by atoms with van der Waals surface area (Å²) in [6.45, 7) is 4.41. The van der Waals surface area contributed by atoms with Gasteiger partial charge in [0.05, 0.1) is 34.3 Å². The quantitative estimate of drug-likeness (QED) is 0.214. The zero-order valence-electron chi connectivity index (χ0n) is 20.8. The molecular weight excluding hydrogens is 574 g/mol. The van der Waals surface area contributed by atoms with Crippen molar-refractivity contribution in [3.63, 3.8) is 0 Å². The van der Waals surface area contributed by atoms with Crippen molar-refractivity contribution in [1.82, 2.24) is 9.66 Å². The number of hydrogen-bond donors (Lipinski definition) is 1. The number of aryl methyl sites for hydroxylation is 1. The van der Waals surface area contributed by atoms with E-state index in [-0.39, 0.29) is 17.7 Å². The molecule has 0 atom stereocenters. The molecule has 196 valence electrons. The Morgan fingerprint density at radius 2 is 1.89 bits per heavy atom. The normalized spacial score (nSPS) is 11.3. The van der Waals surface area contributed by atoms with Gasteiger partial charge in [-0.25, -0.2) is 9.78 Å². The first-order chi connectivity index (χ1) is 18.3. The first kappa shape index (κ1) is 27.3. The molecule has 0 unspecified atom stereocenters. The molecule has 8 nitrogen and oxygen atoms in total. The first-order valence-corrected chi connectivity index (χ1v) is 13.1. The minimum atomic E-state index is -0.993. The number of fused-ring (bicyclic) bond motifs is 1. The molecule has 1 heterocycles. The molecule has 0 amide bonds. The SMILES string of the molecule is CCCc1nc2ccc(Br)cc2c(=O)n1N=Cc1cc(Cl)c(OCc2ccc(C(=O)O)cc2)c(OCC)c1. The molecule has 3 aromatic carbocycles. The average molecular weight is 599 g/mol. The molecule has 0 aliphatic carbocycles. The Morgan fingerprint density at radius 1 is 1.13 bits per heavy atom. The van der Waals surface area contributed by atoms with Gasteiger partial charge in [-0.2, -0.15) is 9.78 Å². The van der Waals surface area contributed by atoms with Crippen LogP contribution in [0.15, 0.2) is 69.0 Å². The van der Waals surface area contributed by atoms with Crippen LogP contribution in [0.5, 0.6) is 11.5 Å². The summed E-state index contributed by atoms with van der Waals surface area (Å²) >= 11 is 9.97. The summed E-state index contributed by atoms with van der Waals surface area (Å²) in [6, 6.07) is 15.2. The lowest BCUT2D eigenvalue weighted by atomic mass is 10.1. The van der Waals surface area contributed by atoms with Crippen LogP contribution in [0.1, 0.15) is 47.6 Å². The number of rotatable bonds is 10. The van der Waals surface area contributed by atoms with Crippen molar-refractivity contribution in [3.05, 3.63) is 97.0 Å². The fourth-order valence-electron chi connectivity index (χ4n) is 3.79. The smallest absolute Gasteiger partial charge is 0.335 e. The predicted molar refractivity (Wildman–Crippen MR) is 151 cm³/mol. The fraction of sp³-hybridized carbons (Fsp3) is 0.214. The first-order valence-electron chi connectivity index (χ1n) is 12.0. The van der Waals surface area contributed by atoms with Gasteiger partial charge in [0.2, 0.25) is 0 Å². The van der Waals surface area contributed by atoms with Crippen LogP contribution >= 0.6 is 27.5 Å². The van der Waals surface area contributed by atoms with Gasteiger partial charge >= 0.3 is 5.97 Å². The van der Waals surface area contributed by atoms with E-state index in [0.29, 0.717) is 51.8 Å². The van der Waals surface area contributed by atoms with Crippen LogP contribution in [0.4, 0.5) is 0 Å². The van der Waals surface area contributed by atoms with Crippen molar-refractivity contribution in [1.29, 1.82) is 0 Å². The Kier molecular flexibility index (Phi) is 8.81. The zero-order valence-corrected chi connectivity index (χ0v) is 23.1. The van der Waals surface area contributed by atoms with Gasteiger partial charge in [0, 0.05) is 10.9 Å². The van der Waals surface area contributed by atoms with Crippen LogP contribution in [0.25, 0.3) is 10.9 Å². The lowest BCUT2D eigenvalue weighted by Crippen LogP contribution is -2.22. The maximum absolute atomic E-state index is 13.3. The van der Waals surface area contributed by atoms with Gasteiger partial charge in [-0.1, -0.05) is 46.6 Å². The number of ether oxygens (including phenoxy) is 2. The predicted octanol–water partition coefficient (Wildman–Crippen LogP) is 6.32. The Hall–Kier alpha value is -3.69. The monoisotopic (exact) mass is 597 g/mol. The highest BCUT2D eigenvalue weighted by Gasteiger charge is 2.14. The minimum absolute atomic E-state index is 0.168. The van der Waals surface area contributed by atoms with E-state index in [1.54, 1.807) is 36.4 Å². The van der Waals surface area contributed by atoms with Crippen LogP contribution in [0.2, 0.25) is 5.02 Å². The molecule has 10 heteroatoms. The van der Waals surface area contributed by atoms with E-state index in [2.05, 4.69) is 26.0 Å². The van der Waals surface area contributed by atoms with Crippen molar-refractivity contribution in [3.8, 4) is 11.5 Å². The molecule has 0 radical (unpaired) electrons. The molecule has 4 rings (SSSR count). The maximum Gasteiger partial charge on any atom is 0.335 e.